The van der Waals surface area contributed by atoms with E-state index in [0.717, 1.165) is 12.0 Å². The zero-order chi connectivity index (χ0) is 17.5. The fourth-order valence-electron chi connectivity index (χ4n) is 2.58. The molecule has 1 atom stereocenters. The Morgan fingerprint density at radius 3 is 1.96 bits per heavy atom. The van der Waals surface area contributed by atoms with Crippen LogP contribution in [0.2, 0.25) is 6.04 Å². The van der Waals surface area contributed by atoms with Gasteiger partial charge in [0.05, 0.1) is 0 Å². The van der Waals surface area contributed by atoms with Gasteiger partial charge in [0.25, 0.3) is 0 Å². The summed E-state index contributed by atoms with van der Waals surface area (Å²) in [5, 5.41) is 0. The lowest BCUT2D eigenvalue weighted by Gasteiger charge is -2.37. The molecule has 130 valence electrons. The number of rotatable bonds is 9. The summed E-state index contributed by atoms with van der Waals surface area (Å²) in [6, 6.07) is 20.3. The van der Waals surface area contributed by atoms with Crippen LogP contribution in [0.15, 0.2) is 60.7 Å². The summed E-state index contributed by atoms with van der Waals surface area (Å²) >= 11 is 0. The summed E-state index contributed by atoms with van der Waals surface area (Å²) in [5.41, 5.74) is 13.2. The first kappa shape index (κ1) is 18.8. The average Bonchev–Trinajstić information content (AvgIpc) is 2.66. The lowest BCUT2D eigenvalue weighted by Crippen LogP contribution is -2.57. The predicted molar refractivity (Wildman–Crippen MR) is 97.2 cm³/mol. The molecule has 0 spiro atoms. The zero-order valence-electron chi connectivity index (χ0n) is 14.3. The Morgan fingerprint density at radius 2 is 1.46 bits per heavy atom. The van der Waals surface area contributed by atoms with Crippen LogP contribution < -0.4 is 11.5 Å². The second kappa shape index (κ2) is 8.52. The molecule has 0 saturated heterocycles. The quantitative estimate of drug-likeness (QED) is 0.538. The second-order valence-electron chi connectivity index (χ2n) is 5.64. The van der Waals surface area contributed by atoms with Crippen LogP contribution in [0, 0.1) is 0 Å². The van der Waals surface area contributed by atoms with E-state index >= 15 is 0 Å². The maximum Gasteiger partial charge on any atom is 0.502 e. The third kappa shape index (κ3) is 4.51. The van der Waals surface area contributed by atoms with Crippen LogP contribution in [-0.2, 0) is 25.4 Å². The zero-order valence-corrected chi connectivity index (χ0v) is 15.3. The van der Waals surface area contributed by atoms with E-state index in [1.807, 2.05) is 48.5 Å². The monoisotopic (exact) mass is 346 g/mol. The molecule has 5 nitrogen and oxygen atoms in total. The molecule has 24 heavy (non-hydrogen) atoms. The highest BCUT2D eigenvalue weighted by Gasteiger charge is 2.46. The van der Waals surface area contributed by atoms with Crippen molar-refractivity contribution >= 4 is 8.80 Å². The largest absolute Gasteiger partial charge is 0.502 e. The normalized spacial score (nSPS) is 14.3. The Bertz CT molecular complexity index is 608. The molecule has 6 heteroatoms. The van der Waals surface area contributed by atoms with Crippen LogP contribution in [0.1, 0.15) is 11.1 Å². The number of hydrogen-bond donors (Lipinski definition) is 2. The number of aryl methyl sites for hydroxylation is 1. The second-order valence-corrected chi connectivity index (χ2v) is 8.53. The van der Waals surface area contributed by atoms with Gasteiger partial charge < -0.3 is 19.0 Å². The lowest BCUT2D eigenvalue weighted by atomic mass is 10.0. The van der Waals surface area contributed by atoms with Crippen LogP contribution in [0.3, 0.4) is 0 Å². The topological polar surface area (TPSA) is 79.7 Å². The van der Waals surface area contributed by atoms with E-state index < -0.39 is 14.5 Å². The first-order valence-electron chi connectivity index (χ1n) is 7.96. The van der Waals surface area contributed by atoms with E-state index in [4.69, 9.17) is 24.7 Å². The molecule has 0 aromatic heterocycles. The van der Waals surface area contributed by atoms with E-state index in [2.05, 4.69) is 12.1 Å². The Kier molecular flexibility index (Phi) is 6.67. The van der Waals surface area contributed by atoms with E-state index in [1.54, 1.807) is 14.2 Å². The Morgan fingerprint density at radius 1 is 0.917 bits per heavy atom. The molecule has 0 bridgehead atoms. The minimum Gasteiger partial charge on any atom is -0.377 e. The Labute approximate surface area is 144 Å². The highest BCUT2D eigenvalue weighted by molar-refractivity contribution is 6.60. The third-order valence-corrected chi connectivity index (χ3v) is 6.87. The van der Waals surface area contributed by atoms with Crippen molar-refractivity contribution in [1.29, 1.82) is 0 Å². The first-order valence-corrected chi connectivity index (χ1v) is 9.89. The lowest BCUT2D eigenvalue weighted by molar-refractivity contribution is -0.0121. The summed E-state index contributed by atoms with van der Waals surface area (Å²) < 4.78 is 17.6. The van der Waals surface area contributed by atoms with Gasteiger partial charge in [-0.1, -0.05) is 60.7 Å². The van der Waals surface area contributed by atoms with Crippen LogP contribution in [0.25, 0.3) is 0 Å². The van der Waals surface area contributed by atoms with Gasteiger partial charge in [-0.25, -0.2) is 0 Å². The van der Waals surface area contributed by atoms with Gasteiger partial charge in [0.1, 0.15) is 5.72 Å². The van der Waals surface area contributed by atoms with E-state index in [0.29, 0.717) is 6.04 Å². The number of nitrogens with two attached hydrogens (primary N) is 2. The van der Waals surface area contributed by atoms with Crippen LogP contribution in [0.5, 0.6) is 0 Å². The van der Waals surface area contributed by atoms with Gasteiger partial charge >= 0.3 is 8.80 Å². The molecule has 2 aromatic rings. The Balaban J connectivity index is 2.19. The minimum absolute atomic E-state index is 0.129. The summed E-state index contributed by atoms with van der Waals surface area (Å²) in [7, 11) is 0.229. The number of hydrogen-bond acceptors (Lipinski definition) is 5. The standard InChI is InChI=1S/C18H26N2O3Si/c1-21-24(22-2,14-13-16-9-5-3-6-10-16)23-18(20,15-19)17-11-7-4-8-12-17/h3-12H,13-15,19-20H2,1-2H3. The van der Waals surface area contributed by atoms with E-state index in [-0.39, 0.29) is 6.54 Å². The van der Waals surface area contributed by atoms with Gasteiger partial charge in [-0.3, -0.25) is 5.73 Å². The third-order valence-electron chi connectivity index (χ3n) is 4.09. The smallest absolute Gasteiger partial charge is 0.377 e. The van der Waals surface area contributed by atoms with Crippen molar-refractivity contribution in [3.05, 3.63) is 71.8 Å². The van der Waals surface area contributed by atoms with E-state index in [9.17, 15) is 0 Å². The van der Waals surface area contributed by atoms with Gasteiger partial charge in [-0.05, 0) is 17.5 Å². The molecule has 0 heterocycles. The molecule has 0 aliphatic rings. The fraction of sp³-hybridized carbons (Fsp3) is 0.333. The maximum atomic E-state index is 6.45. The molecular formula is C18H26N2O3Si. The average molecular weight is 347 g/mol. The predicted octanol–water partition coefficient (Wildman–Crippen LogP) is 2.25. The highest BCUT2D eigenvalue weighted by Crippen LogP contribution is 2.27. The van der Waals surface area contributed by atoms with Crippen molar-refractivity contribution in [1.82, 2.24) is 0 Å². The molecule has 1 unspecified atom stereocenters. The van der Waals surface area contributed by atoms with Gasteiger partial charge in [0, 0.05) is 26.8 Å². The molecule has 0 saturated carbocycles. The van der Waals surface area contributed by atoms with Crippen molar-refractivity contribution in [3.63, 3.8) is 0 Å². The van der Waals surface area contributed by atoms with Crippen LogP contribution in [0.4, 0.5) is 0 Å². The van der Waals surface area contributed by atoms with Crippen molar-refractivity contribution in [2.45, 2.75) is 18.2 Å². The van der Waals surface area contributed by atoms with Gasteiger partial charge in [0.15, 0.2) is 0 Å². The van der Waals surface area contributed by atoms with Crippen molar-refractivity contribution in [2.24, 2.45) is 11.5 Å². The van der Waals surface area contributed by atoms with Gasteiger partial charge in [0.2, 0.25) is 0 Å². The molecule has 0 fully saturated rings. The summed E-state index contributed by atoms with van der Waals surface area (Å²) in [5.74, 6) is 0. The Hall–Kier alpha value is -1.54. The van der Waals surface area contributed by atoms with Crippen molar-refractivity contribution in [3.8, 4) is 0 Å². The molecule has 4 N–H and O–H groups in total. The molecule has 0 aliphatic carbocycles. The molecule has 0 amide bonds. The fourth-order valence-corrected chi connectivity index (χ4v) is 4.77. The SMILES string of the molecule is CO[Si](CCc1ccccc1)(OC)OC(N)(CN)c1ccccc1. The summed E-state index contributed by atoms with van der Waals surface area (Å²) in [4.78, 5) is 0. The van der Waals surface area contributed by atoms with Crippen molar-refractivity contribution in [2.75, 3.05) is 20.8 Å². The van der Waals surface area contributed by atoms with Gasteiger partial charge in [-0.15, -0.1) is 0 Å². The first-order chi connectivity index (χ1) is 11.6. The molecule has 0 aliphatic heterocycles. The molecule has 2 aromatic carbocycles. The maximum absolute atomic E-state index is 6.45. The minimum atomic E-state index is -2.97. The molecule has 0 radical (unpaired) electrons. The van der Waals surface area contributed by atoms with Crippen LogP contribution in [-0.4, -0.2) is 29.6 Å². The van der Waals surface area contributed by atoms with Crippen LogP contribution >= 0.6 is 0 Å². The summed E-state index contributed by atoms with van der Waals surface area (Å²) in [6.45, 7) is 0.129. The van der Waals surface area contributed by atoms with Crippen molar-refractivity contribution < 1.29 is 13.3 Å². The highest BCUT2D eigenvalue weighted by atomic mass is 28.4. The number of benzene rings is 2. The summed E-state index contributed by atoms with van der Waals surface area (Å²) in [6.07, 6.45) is 0.782. The molecular weight excluding hydrogens is 320 g/mol. The molecule has 2 rings (SSSR count). The van der Waals surface area contributed by atoms with Gasteiger partial charge in [-0.2, -0.15) is 0 Å². The van der Waals surface area contributed by atoms with E-state index in [1.165, 1.54) is 5.56 Å².